The fraction of sp³-hybridized carbons (Fsp3) is 0.500. The third kappa shape index (κ3) is 4.04. The predicted octanol–water partition coefficient (Wildman–Crippen LogP) is 2.30. The fourth-order valence-electron chi connectivity index (χ4n) is 4.40. The summed E-state index contributed by atoms with van der Waals surface area (Å²) < 4.78 is 12.2. The van der Waals surface area contributed by atoms with E-state index in [1.807, 2.05) is 38.1 Å². The average molecular weight is 441 g/mol. The van der Waals surface area contributed by atoms with Crippen LogP contribution in [0.5, 0.6) is 0 Å². The summed E-state index contributed by atoms with van der Waals surface area (Å²) in [7, 11) is 0. The number of tetrazole rings is 1. The van der Waals surface area contributed by atoms with Crippen molar-refractivity contribution in [2.75, 3.05) is 36.5 Å². The third-order valence-electron chi connectivity index (χ3n) is 5.90. The number of anilines is 2. The van der Waals surface area contributed by atoms with Crippen LogP contribution in [0.3, 0.4) is 0 Å². The van der Waals surface area contributed by atoms with E-state index >= 15 is 0 Å². The first-order valence-corrected chi connectivity index (χ1v) is 11.0. The molecule has 1 fully saturated rings. The molecule has 1 aromatic carbocycles. The Bertz CT molecular complexity index is 1020. The van der Waals surface area contributed by atoms with E-state index in [2.05, 4.69) is 25.7 Å². The van der Waals surface area contributed by atoms with E-state index in [4.69, 9.17) is 9.47 Å². The summed E-state index contributed by atoms with van der Waals surface area (Å²) >= 11 is 0. The Hall–Kier alpha value is -3.43. The number of ether oxygens (including phenoxy) is 2. The number of nitrogens with one attached hydrogen (secondary N) is 1. The highest BCUT2D eigenvalue weighted by atomic mass is 16.5. The summed E-state index contributed by atoms with van der Waals surface area (Å²) in [5.74, 6) is -0.142. The van der Waals surface area contributed by atoms with Crippen molar-refractivity contribution >= 4 is 23.6 Å². The van der Waals surface area contributed by atoms with Gasteiger partial charge in [0.2, 0.25) is 5.95 Å². The van der Waals surface area contributed by atoms with Gasteiger partial charge in [-0.1, -0.05) is 23.3 Å². The molecule has 170 valence electrons. The topological polar surface area (TPSA) is 111 Å². The summed E-state index contributed by atoms with van der Waals surface area (Å²) in [6, 6.07) is 7.40. The lowest BCUT2D eigenvalue weighted by Crippen LogP contribution is -2.38. The second kappa shape index (κ2) is 9.37. The number of hydrogen-bond acceptors (Lipinski definition) is 9. The molecule has 0 saturated carbocycles. The van der Waals surface area contributed by atoms with Crippen molar-refractivity contribution in [1.82, 2.24) is 20.2 Å². The van der Waals surface area contributed by atoms with Gasteiger partial charge in [0.05, 0.1) is 24.7 Å². The number of esters is 2. The van der Waals surface area contributed by atoms with Crippen LogP contribution in [0.2, 0.25) is 0 Å². The summed E-state index contributed by atoms with van der Waals surface area (Å²) in [6.45, 7) is 7.53. The van der Waals surface area contributed by atoms with E-state index in [0.29, 0.717) is 36.9 Å². The van der Waals surface area contributed by atoms with Gasteiger partial charge in [-0.3, -0.25) is 4.79 Å². The first-order valence-electron chi connectivity index (χ1n) is 11.0. The third-order valence-corrected chi connectivity index (χ3v) is 5.90. The standard InChI is InChI=1S/C22H28N6O4/c1-4-31-20(29)15-10-12-27(13-11-15)17-9-7-6-8-16(17)19-18(21(30)32-5-2)14(3)23-22-24-25-26-28(19)22/h6-9,15,19H,4-5,10-13H2,1-3H3,(H,23,24,26). The molecule has 32 heavy (non-hydrogen) atoms. The molecule has 1 atom stereocenters. The molecule has 10 nitrogen and oxygen atoms in total. The zero-order valence-corrected chi connectivity index (χ0v) is 18.6. The maximum Gasteiger partial charge on any atom is 0.338 e. The highest BCUT2D eigenvalue weighted by Gasteiger charge is 2.37. The maximum absolute atomic E-state index is 12.9. The second-order valence-electron chi connectivity index (χ2n) is 7.81. The molecule has 1 saturated heterocycles. The molecular weight excluding hydrogens is 412 g/mol. The van der Waals surface area contributed by atoms with Crippen molar-refractivity contribution in [3.63, 3.8) is 0 Å². The van der Waals surface area contributed by atoms with Crippen LogP contribution in [0, 0.1) is 5.92 Å². The molecular formula is C22H28N6O4. The number of piperidine rings is 1. The molecule has 1 unspecified atom stereocenters. The number of fused-ring (bicyclic) bond motifs is 1. The van der Waals surface area contributed by atoms with Gasteiger partial charge in [0.25, 0.3) is 0 Å². The lowest BCUT2D eigenvalue weighted by Gasteiger charge is -2.36. The summed E-state index contributed by atoms with van der Waals surface area (Å²) in [5, 5.41) is 15.1. The Morgan fingerprint density at radius 2 is 1.84 bits per heavy atom. The molecule has 4 rings (SSSR count). The van der Waals surface area contributed by atoms with E-state index in [9.17, 15) is 9.59 Å². The van der Waals surface area contributed by atoms with E-state index in [1.165, 1.54) is 0 Å². The fourth-order valence-corrected chi connectivity index (χ4v) is 4.40. The molecule has 2 aliphatic heterocycles. The number of para-hydroxylation sites is 1. The maximum atomic E-state index is 12.9. The van der Waals surface area contributed by atoms with E-state index < -0.39 is 12.0 Å². The monoisotopic (exact) mass is 440 g/mol. The number of hydrogen-bond donors (Lipinski definition) is 1. The molecule has 1 aromatic heterocycles. The van der Waals surface area contributed by atoms with E-state index in [-0.39, 0.29) is 18.5 Å². The SMILES string of the molecule is CCOC(=O)C1=C(C)Nc2nnnn2C1c1ccccc1N1CCC(C(=O)OCC)CC1. The highest BCUT2D eigenvalue weighted by molar-refractivity contribution is 5.93. The van der Waals surface area contributed by atoms with Gasteiger partial charge in [-0.2, -0.15) is 4.68 Å². The van der Waals surface area contributed by atoms with Crippen LogP contribution in [0.4, 0.5) is 11.6 Å². The van der Waals surface area contributed by atoms with Gasteiger partial charge < -0.3 is 19.7 Å². The number of carbonyl (C=O) groups excluding carboxylic acids is 2. The second-order valence-corrected chi connectivity index (χ2v) is 7.81. The first-order chi connectivity index (χ1) is 15.5. The Morgan fingerprint density at radius 3 is 2.56 bits per heavy atom. The molecule has 0 radical (unpaired) electrons. The zero-order chi connectivity index (χ0) is 22.7. The van der Waals surface area contributed by atoms with Gasteiger partial charge >= 0.3 is 11.9 Å². The van der Waals surface area contributed by atoms with Crippen molar-refractivity contribution in [1.29, 1.82) is 0 Å². The quantitative estimate of drug-likeness (QED) is 0.676. The highest BCUT2D eigenvalue weighted by Crippen LogP contribution is 2.40. The summed E-state index contributed by atoms with van der Waals surface area (Å²) in [6.07, 6.45) is 1.43. The predicted molar refractivity (Wildman–Crippen MR) is 117 cm³/mol. The molecule has 0 bridgehead atoms. The molecule has 0 amide bonds. The Morgan fingerprint density at radius 1 is 1.12 bits per heavy atom. The smallest absolute Gasteiger partial charge is 0.338 e. The lowest BCUT2D eigenvalue weighted by atomic mass is 9.92. The minimum absolute atomic E-state index is 0.0828. The van der Waals surface area contributed by atoms with Crippen molar-refractivity contribution in [3.05, 3.63) is 41.1 Å². The molecule has 1 N–H and O–H groups in total. The number of carbonyl (C=O) groups is 2. The minimum Gasteiger partial charge on any atom is -0.466 e. The van der Waals surface area contributed by atoms with Crippen LogP contribution in [0.1, 0.15) is 45.2 Å². The number of benzene rings is 1. The Labute approximate surface area is 186 Å². The van der Waals surface area contributed by atoms with E-state index in [0.717, 1.165) is 24.1 Å². The summed E-state index contributed by atoms with van der Waals surface area (Å²) in [4.78, 5) is 27.3. The normalized spacial score (nSPS) is 18.7. The number of allylic oxidation sites excluding steroid dienone is 1. The molecule has 0 aliphatic carbocycles. The van der Waals surface area contributed by atoms with Crippen LogP contribution < -0.4 is 10.2 Å². The Kier molecular flexibility index (Phi) is 6.38. The van der Waals surface area contributed by atoms with Crippen LogP contribution in [-0.4, -0.2) is 58.4 Å². The van der Waals surface area contributed by atoms with Crippen molar-refractivity contribution in [3.8, 4) is 0 Å². The van der Waals surface area contributed by atoms with E-state index in [1.54, 1.807) is 11.6 Å². The summed E-state index contributed by atoms with van der Waals surface area (Å²) in [5.41, 5.74) is 3.02. The first kappa shape index (κ1) is 21.8. The van der Waals surface area contributed by atoms with Crippen molar-refractivity contribution in [2.24, 2.45) is 5.92 Å². The van der Waals surface area contributed by atoms with Crippen LogP contribution in [-0.2, 0) is 19.1 Å². The average Bonchev–Trinajstić information content (AvgIpc) is 3.26. The molecule has 0 spiro atoms. The van der Waals surface area contributed by atoms with Gasteiger partial charge in [-0.15, -0.1) is 0 Å². The van der Waals surface area contributed by atoms with Crippen LogP contribution >= 0.6 is 0 Å². The number of nitrogens with zero attached hydrogens (tertiary/aromatic N) is 5. The zero-order valence-electron chi connectivity index (χ0n) is 18.6. The molecule has 2 aromatic rings. The number of aromatic nitrogens is 4. The molecule has 3 heterocycles. The van der Waals surface area contributed by atoms with Crippen LogP contribution in [0.15, 0.2) is 35.5 Å². The lowest BCUT2D eigenvalue weighted by molar-refractivity contribution is -0.148. The van der Waals surface area contributed by atoms with Gasteiger partial charge in [-0.05, 0) is 50.1 Å². The minimum atomic E-state index is -0.528. The van der Waals surface area contributed by atoms with Crippen molar-refractivity contribution < 1.29 is 19.1 Å². The molecule has 2 aliphatic rings. The van der Waals surface area contributed by atoms with Crippen molar-refractivity contribution in [2.45, 2.75) is 39.7 Å². The largest absolute Gasteiger partial charge is 0.466 e. The van der Waals surface area contributed by atoms with Gasteiger partial charge in [0.15, 0.2) is 0 Å². The van der Waals surface area contributed by atoms with Crippen LogP contribution in [0.25, 0.3) is 0 Å². The van der Waals surface area contributed by atoms with Gasteiger partial charge in [0.1, 0.15) is 6.04 Å². The Balaban J connectivity index is 1.69. The van der Waals surface area contributed by atoms with Gasteiger partial charge in [-0.25, -0.2) is 4.79 Å². The van der Waals surface area contributed by atoms with Gasteiger partial charge in [0, 0.05) is 30.0 Å². The molecule has 10 heteroatoms. The number of rotatable bonds is 6.